The molecule has 0 aliphatic carbocycles. The van der Waals surface area contributed by atoms with Gasteiger partial charge in [0.15, 0.2) is 11.5 Å². The van der Waals surface area contributed by atoms with Crippen LogP contribution in [0.3, 0.4) is 0 Å². The van der Waals surface area contributed by atoms with Gasteiger partial charge in [0.2, 0.25) is 0 Å². The second kappa shape index (κ2) is 11.5. The molecule has 1 heterocycles. The van der Waals surface area contributed by atoms with Crippen molar-refractivity contribution in [1.29, 1.82) is 0 Å². The van der Waals surface area contributed by atoms with Crippen molar-refractivity contribution in [1.82, 2.24) is 4.98 Å². The zero-order chi connectivity index (χ0) is 24.6. The number of ether oxygens (including phenoxy) is 2. The molecule has 4 heteroatoms. The lowest BCUT2D eigenvalue weighted by molar-refractivity contribution is 0.256. The molecular weight excluding hydrogens is 462 g/mol. The Morgan fingerprint density at radius 2 is 1.33 bits per heavy atom. The monoisotopic (exact) mass is 489 g/mol. The first-order valence-corrected chi connectivity index (χ1v) is 12.8. The Bertz CT molecular complexity index is 1420. The van der Waals surface area contributed by atoms with Crippen molar-refractivity contribution in [2.75, 3.05) is 0 Å². The molecule has 0 saturated carbocycles. The first-order valence-electron chi connectivity index (χ1n) is 11.9. The lowest BCUT2D eigenvalue weighted by Crippen LogP contribution is -2.00. The van der Waals surface area contributed by atoms with Crippen molar-refractivity contribution in [2.45, 2.75) is 20.1 Å². The van der Waals surface area contributed by atoms with E-state index < -0.39 is 0 Å². The highest BCUT2D eigenvalue weighted by molar-refractivity contribution is 7.10. The van der Waals surface area contributed by atoms with Gasteiger partial charge in [0.05, 0.1) is 5.69 Å². The molecular formula is C32H27NO2S. The van der Waals surface area contributed by atoms with E-state index in [1.165, 1.54) is 5.56 Å². The zero-order valence-electron chi connectivity index (χ0n) is 20.1. The van der Waals surface area contributed by atoms with Gasteiger partial charge in [0.1, 0.15) is 18.2 Å². The first-order chi connectivity index (χ1) is 17.7. The Balaban J connectivity index is 1.33. The minimum Gasteiger partial charge on any atom is -0.485 e. The van der Waals surface area contributed by atoms with E-state index in [1.54, 1.807) is 11.3 Å². The third-order valence-corrected chi connectivity index (χ3v) is 6.54. The number of nitrogens with zero attached hydrogens (tertiary/aromatic N) is 1. The van der Waals surface area contributed by atoms with Crippen LogP contribution in [0.2, 0.25) is 0 Å². The summed E-state index contributed by atoms with van der Waals surface area (Å²) in [6, 6.07) is 34.8. The van der Waals surface area contributed by atoms with Gasteiger partial charge in [0.25, 0.3) is 0 Å². The van der Waals surface area contributed by atoms with E-state index in [4.69, 9.17) is 14.5 Å². The van der Waals surface area contributed by atoms with E-state index in [2.05, 4.69) is 66.9 Å². The molecule has 3 nitrogen and oxygen atoms in total. The Kier molecular flexibility index (Phi) is 7.55. The molecule has 36 heavy (non-hydrogen) atoms. The molecule has 0 saturated heterocycles. The highest BCUT2D eigenvalue weighted by atomic mass is 32.1. The molecule has 178 valence electrons. The van der Waals surface area contributed by atoms with Gasteiger partial charge in [0, 0.05) is 10.9 Å². The lowest BCUT2D eigenvalue weighted by Gasteiger charge is -2.14. The maximum atomic E-state index is 6.20. The molecule has 0 bridgehead atoms. The van der Waals surface area contributed by atoms with Crippen LogP contribution in [0.1, 0.15) is 27.3 Å². The molecule has 0 amide bonds. The van der Waals surface area contributed by atoms with Gasteiger partial charge in [-0.2, -0.15) is 0 Å². The fraction of sp³-hybridized carbons (Fsp3) is 0.0938. The third kappa shape index (κ3) is 6.29. The molecule has 4 aromatic carbocycles. The summed E-state index contributed by atoms with van der Waals surface area (Å²) in [4.78, 5) is 4.78. The number of aryl methyl sites for hydroxylation is 1. The minimum atomic E-state index is 0.474. The smallest absolute Gasteiger partial charge is 0.162 e. The predicted molar refractivity (Wildman–Crippen MR) is 149 cm³/mol. The van der Waals surface area contributed by atoms with Crippen LogP contribution in [0.4, 0.5) is 0 Å². The molecule has 0 aliphatic rings. The Labute approximate surface area is 216 Å². The summed E-state index contributed by atoms with van der Waals surface area (Å²) < 4.78 is 12.3. The summed E-state index contributed by atoms with van der Waals surface area (Å²) in [6.07, 6.45) is 4.11. The van der Waals surface area contributed by atoms with Crippen LogP contribution < -0.4 is 9.47 Å². The largest absolute Gasteiger partial charge is 0.485 e. The van der Waals surface area contributed by atoms with Gasteiger partial charge >= 0.3 is 0 Å². The number of hydrogen-bond acceptors (Lipinski definition) is 4. The van der Waals surface area contributed by atoms with Gasteiger partial charge in [-0.3, -0.25) is 0 Å². The normalized spacial score (nSPS) is 11.0. The average molecular weight is 490 g/mol. The molecule has 0 atom stereocenters. The van der Waals surface area contributed by atoms with E-state index in [0.717, 1.165) is 44.5 Å². The molecule has 0 spiro atoms. The summed E-state index contributed by atoms with van der Waals surface area (Å²) in [5, 5.41) is 3.06. The molecule has 0 unspecified atom stereocenters. The lowest BCUT2D eigenvalue weighted by atomic mass is 10.1. The van der Waals surface area contributed by atoms with E-state index in [0.29, 0.717) is 13.2 Å². The van der Waals surface area contributed by atoms with E-state index >= 15 is 0 Å². The van der Waals surface area contributed by atoms with E-state index in [9.17, 15) is 0 Å². The summed E-state index contributed by atoms with van der Waals surface area (Å²) in [5.41, 5.74) is 6.62. The van der Waals surface area contributed by atoms with Crippen molar-refractivity contribution in [3.05, 3.63) is 136 Å². The van der Waals surface area contributed by atoms with Crippen molar-refractivity contribution < 1.29 is 9.47 Å². The van der Waals surface area contributed by atoms with Gasteiger partial charge in [-0.25, -0.2) is 4.98 Å². The molecule has 0 aliphatic heterocycles. The topological polar surface area (TPSA) is 31.4 Å². The van der Waals surface area contributed by atoms with Crippen LogP contribution >= 0.6 is 11.3 Å². The second-order valence-electron chi connectivity index (χ2n) is 8.53. The summed E-state index contributed by atoms with van der Waals surface area (Å²) >= 11 is 1.63. The molecule has 1 aromatic heterocycles. The fourth-order valence-corrected chi connectivity index (χ4v) is 4.44. The average Bonchev–Trinajstić information content (AvgIpc) is 3.41. The van der Waals surface area contributed by atoms with E-state index in [-0.39, 0.29) is 0 Å². The quantitative estimate of drug-likeness (QED) is 0.208. The number of rotatable bonds is 9. The standard InChI is InChI=1S/C32H27NO2S/c1-24-12-16-28(17-13-24)29-23-36-32(33-29)19-15-25-14-18-30(34-21-26-8-4-2-5-9-26)31(20-25)35-22-27-10-6-3-7-11-27/h2-20,23H,21-22H2,1H3. The second-order valence-corrected chi connectivity index (χ2v) is 9.41. The Morgan fingerprint density at radius 1 is 0.694 bits per heavy atom. The number of hydrogen-bond donors (Lipinski definition) is 0. The van der Waals surface area contributed by atoms with Gasteiger partial charge < -0.3 is 9.47 Å². The summed E-state index contributed by atoms with van der Waals surface area (Å²) in [7, 11) is 0. The van der Waals surface area contributed by atoms with Crippen LogP contribution in [0.15, 0.2) is 109 Å². The van der Waals surface area contributed by atoms with Gasteiger partial charge in [-0.05, 0) is 41.8 Å². The van der Waals surface area contributed by atoms with Gasteiger partial charge in [-0.1, -0.05) is 103 Å². The van der Waals surface area contributed by atoms with Crippen LogP contribution in [-0.2, 0) is 13.2 Å². The number of thiazole rings is 1. The van der Waals surface area contributed by atoms with Crippen molar-refractivity contribution in [3.63, 3.8) is 0 Å². The Morgan fingerprint density at radius 3 is 2.00 bits per heavy atom. The highest BCUT2D eigenvalue weighted by Crippen LogP contribution is 2.31. The SMILES string of the molecule is Cc1ccc(-c2csc(C=Cc3ccc(OCc4ccccc4)c(OCc4ccccc4)c3)n2)cc1. The van der Waals surface area contributed by atoms with Crippen molar-refractivity contribution in [2.24, 2.45) is 0 Å². The maximum absolute atomic E-state index is 6.20. The maximum Gasteiger partial charge on any atom is 0.162 e. The molecule has 0 N–H and O–H groups in total. The fourth-order valence-electron chi connectivity index (χ4n) is 3.72. The van der Waals surface area contributed by atoms with Crippen LogP contribution in [-0.4, -0.2) is 4.98 Å². The first kappa shape index (κ1) is 23.6. The van der Waals surface area contributed by atoms with E-state index in [1.807, 2.05) is 60.7 Å². The number of benzene rings is 4. The zero-order valence-corrected chi connectivity index (χ0v) is 20.9. The van der Waals surface area contributed by atoms with Crippen LogP contribution in [0.5, 0.6) is 11.5 Å². The Hall–Kier alpha value is -4.15. The van der Waals surface area contributed by atoms with Crippen LogP contribution in [0, 0.1) is 6.92 Å². The summed E-state index contributed by atoms with van der Waals surface area (Å²) in [6.45, 7) is 3.05. The molecule has 0 radical (unpaired) electrons. The predicted octanol–water partition coefficient (Wildman–Crippen LogP) is 8.45. The molecule has 5 rings (SSSR count). The molecule has 5 aromatic rings. The molecule has 0 fully saturated rings. The van der Waals surface area contributed by atoms with Crippen LogP contribution in [0.25, 0.3) is 23.4 Å². The highest BCUT2D eigenvalue weighted by Gasteiger charge is 2.08. The summed E-state index contributed by atoms with van der Waals surface area (Å²) in [5.74, 6) is 1.44. The van der Waals surface area contributed by atoms with Crippen molar-refractivity contribution >= 4 is 23.5 Å². The van der Waals surface area contributed by atoms with Crippen molar-refractivity contribution in [3.8, 4) is 22.8 Å². The number of aromatic nitrogens is 1. The third-order valence-electron chi connectivity index (χ3n) is 5.73. The minimum absolute atomic E-state index is 0.474. The van der Waals surface area contributed by atoms with Gasteiger partial charge in [-0.15, -0.1) is 11.3 Å².